The van der Waals surface area contributed by atoms with Crippen LogP contribution in [0.25, 0.3) is 11.4 Å². The van der Waals surface area contributed by atoms with Crippen LogP contribution >= 0.6 is 0 Å². The molecule has 1 fully saturated rings. The summed E-state index contributed by atoms with van der Waals surface area (Å²) >= 11 is 0. The van der Waals surface area contributed by atoms with Crippen LogP contribution in [0.2, 0.25) is 0 Å². The first kappa shape index (κ1) is 20.6. The molecule has 1 aromatic heterocycles. The van der Waals surface area contributed by atoms with Gasteiger partial charge in [-0.05, 0) is 37.5 Å². The second-order valence-electron chi connectivity index (χ2n) is 7.57. The molecule has 0 radical (unpaired) electrons. The maximum absolute atomic E-state index is 12.6. The fourth-order valence-corrected chi connectivity index (χ4v) is 3.70. The number of carbonyl (C=O) groups is 2. The summed E-state index contributed by atoms with van der Waals surface area (Å²) < 4.78 is 5.30. The van der Waals surface area contributed by atoms with E-state index in [1.165, 1.54) is 0 Å². The largest absolute Gasteiger partial charge is 0.370 e. The van der Waals surface area contributed by atoms with Gasteiger partial charge in [0.1, 0.15) is 0 Å². The zero-order chi connectivity index (χ0) is 21.6. The lowest BCUT2D eigenvalue weighted by atomic mass is 10.1. The molecule has 8 nitrogen and oxygen atoms in total. The van der Waals surface area contributed by atoms with Crippen molar-refractivity contribution in [2.75, 3.05) is 23.3 Å². The zero-order valence-corrected chi connectivity index (χ0v) is 17.2. The number of aryl methyl sites for hydroxylation is 1. The minimum absolute atomic E-state index is 0.134. The van der Waals surface area contributed by atoms with E-state index in [-0.39, 0.29) is 5.91 Å². The van der Waals surface area contributed by atoms with E-state index < -0.39 is 5.91 Å². The summed E-state index contributed by atoms with van der Waals surface area (Å²) in [6.07, 6.45) is 3.59. The number of hydrogen-bond acceptors (Lipinski definition) is 6. The molecule has 0 atom stereocenters. The highest BCUT2D eigenvalue weighted by atomic mass is 16.5. The van der Waals surface area contributed by atoms with Gasteiger partial charge in [-0.3, -0.25) is 9.59 Å². The van der Waals surface area contributed by atoms with Crippen LogP contribution in [0, 0.1) is 0 Å². The molecule has 0 saturated carbocycles. The molecule has 2 aromatic carbocycles. The Labute approximate surface area is 180 Å². The van der Waals surface area contributed by atoms with E-state index in [1.54, 1.807) is 12.1 Å². The van der Waals surface area contributed by atoms with Crippen LogP contribution < -0.4 is 16.0 Å². The number of hydrogen-bond donors (Lipinski definition) is 2. The molecule has 1 saturated heterocycles. The van der Waals surface area contributed by atoms with Crippen molar-refractivity contribution in [1.29, 1.82) is 0 Å². The van der Waals surface area contributed by atoms with Crippen molar-refractivity contribution in [3.05, 3.63) is 60.0 Å². The Kier molecular flexibility index (Phi) is 6.26. The van der Waals surface area contributed by atoms with E-state index in [4.69, 9.17) is 10.3 Å². The summed E-state index contributed by atoms with van der Waals surface area (Å²) in [6, 6.07) is 14.8. The van der Waals surface area contributed by atoms with Crippen molar-refractivity contribution < 1.29 is 14.1 Å². The van der Waals surface area contributed by atoms with Crippen molar-refractivity contribution in [3.8, 4) is 11.4 Å². The van der Waals surface area contributed by atoms with Gasteiger partial charge in [0, 0.05) is 37.1 Å². The number of carbonyl (C=O) groups excluding carboxylic acids is 2. The quantitative estimate of drug-likeness (QED) is 0.578. The van der Waals surface area contributed by atoms with E-state index in [1.807, 2.05) is 36.4 Å². The summed E-state index contributed by atoms with van der Waals surface area (Å²) in [7, 11) is 0. The molecule has 0 spiro atoms. The molecule has 0 aliphatic carbocycles. The van der Waals surface area contributed by atoms with E-state index in [0.717, 1.165) is 37.2 Å². The molecule has 0 bridgehead atoms. The topological polar surface area (TPSA) is 114 Å². The molecular weight excluding hydrogens is 394 g/mol. The van der Waals surface area contributed by atoms with Gasteiger partial charge in [-0.1, -0.05) is 35.5 Å². The Morgan fingerprint density at radius 3 is 2.61 bits per heavy atom. The van der Waals surface area contributed by atoms with Crippen LogP contribution in [-0.2, 0) is 11.2 Å². The van der Waals surface area contributed by atoms with Gasteiger partial charge in [0.15, 0.2) is 0 Å². The van der Waals surface area contributed by atoms with Crippen LogP contribution in [0.3, 0.4) is 0 Å². The van der Waals surface area contributed by atoms with Crippen LogP contribution in [0.1, 0.15) is 41.9 Å². The van der Waals surface area contributed by atoms with Crippen LogP contribution in [-0.4, -0.2) is 35.0 Å². The number of aromatic nitrogens is 2. The summed E-state index contributed by atoms with van der Waals surface area (Å²) in [5, 5.41) is 6.94. The number of anilines is 2. The number of benzene rings is 2. The van der Waals surface area contributed by atoms with Gasteiger partial charge in [-0.2, -0.15) is 4.98 Å². The molecule has 31 heavy (non-hydrogen) atoms. The second kappa shape index (κ2) is 9.42. The van der Waals surface area contributed by atoms with Gasteiger partial charge in [0.25, 0.3) is 0 Å². The minimum atomic E-state index is -0.519. The SMILES string of the molecule is NC(=O)c1ccc(N2CCCC2)c(NC(=O)CCCc2nc(-c3ccccc3)no2)c1. The zero-order valence-electron chi connectivity index (χ0n) is 17.2. The third-order valence-corrected chi connectivity index (χ3v) is 5.30. The van der Waals surface area contributed by atoms with Crippen LogP contribution in [0.4, 0.5) is 11.4 Å². The van der Waals surface area contributed by atoms with Crippen molar-refractivity contribution in [2.45, 2.75) is 32.1 Å². The highest BCUT2D eigenvalue weighted by Gasteiger charge is 2.18. The maximum atomic E-state index is 12.6. The number of amides is 2. The number of nitrogens with one attached hydrogen (secondary N) is 1. The maximum Gasteiger partial charge on any atom is 0.248 e. The molecular formula is C23H25N5O3. The molecule has 1 aliphatic heterocycles. The number of nitrogens with two attached hydrogens (primary N) is 1. The van der Waals surface area contributed by atoms with Gasteiger partial charge >= 0.3 is 0 Å². The average molecular weight is 419 g/mol. The van der Waals surface area contributed by atoms with Crippen molar-refractivity contribution >= 4 is 23.2 Å². The molecule has 4 rings (SSSR count). The molecule has 8 heteroatoms. The molecule has 160 valence electrons. The first-order chi connectivity index (χ1) is 15.1. The van der Waals surface area contributed by atoms with Gasteiger partial charge in [-0.15, -0.1) is 0 Å². The van der Waals surface area contributed by atoms with Crippen LogP contribution in [0.15, 0.2) is 53.1 Å². The summed E-state index contributed by atoms with van der Waals surface area (Å²) in [4.78, 5) is 30.7. The third kappa shape index (κ3) is 5.09. The van der Waals surface area contributed by atoms with E-state index in [0.29, 0.717) is 42.2 Å². The Bertz CT molecular complexity index is 1060. The van der Waals surface area contributed by atoms with E-state index in [9.17, 15) is 9.59 Å². The van der Waals surface area contributed by atoms with Gasteiger partial charge in [0.2, 0.25) is 23.5 Å². The fourth-order valence-electron chi connectivity index (χ4n) is 3.70. The van der Waals surface area contributed by atoms with Crippen molar-refractivity contribution in [1.82, 2.24) is 10.1 Å². The molecule has 2 heterocycles. The second-order valence-corrected chi connectivity index (χ2v) is 7.57. The highest BCUT2D eigenvalue weighted by Crippen LogP contribution is 2.30. The number of rotatable bonds is 8. The highest BCUT2D eigenvalue weighted by molar-refractivity contribution is 5.99. The summed E-state index contributed by atoms with van der Waals surface area (Å²) in [5.41, 5.74) is 8.21. The first-order valence-electron chi connectivity index (χ1n) is 10.5. The van der Waals surface area contributed by atoms with Gasteiger partial charge in [-0.25, -0.2) is 0 Å². The lowest BCUT2D eigenvalue weighted by molar-refractivity contribution is -0.116. The Balaban J connectivity index is 1.36. The number of nitrogens with zero attached hydrogens (tertiary/aromatic N) is 3. The predicted octanol–water partition coefficient (Wildman–Crippen LogP) is 3.40. The van der Waals surface area contributed by atoms with Crippen molar-refractivity contribution in [2.24, 2.45) is 5.73 Å². The normalized spacial score (nSPS) is 13.4. The standard InChI is InChI=1S/C23H25N5O3/c24-22(30)17-11-12-19(28-13-4-5-14-28)18(15-17)25-20(29)9-6-10-21-26-23(27-31-21)16-7-2-1-3-8-16/h1-3,7-8,11-12,15H,4-6,9-10,13-14H2,(H2,24,30)(H,25,29). The molecule has 3 N–H and O–H groups in total. The monoisotopic (exact) mass is 419 g/mol. The van der Waals surface area contributed by atoms with Crippen LogP contribution in [0.5, 0.6) is 0 Å². The minimum Gasteiger partial charge on any atom is -0.370 e. The van der Waals surface area contributed by atoms with Gasteiger partial charge < -0.3 is 20.5 Å². The first-order valence-corrected chi connectivity index (χ1v) is 10.5. The third-order valence-electron chi connectivity index (χ3n) is 5.30. The number of primary amides is 1. The molecule has 2 amide bonds. The molecule has 0 unspecified atom stereocenters. The average Bonchev–Trinajstić information content (AvgIpc) is 3.47. The Morgan fingerprint density at radius 1 is 1.10 bits per heavy atom. The lowest BCUT2D eigenvalue weighted by Gasteiger charge is -2.22. The van der Waals surface area contributed by atoms with Gasteiger partial charge in [0.05, 0.1) is 11.4 Å². The Hall–Kier alpha value is -3.68. The Morgan fingerprint density at radius 2 is 1.87 bits per heavy atom. The lowest BCUT2D eigenvalue weighted by Crippen LogP contribution is -2.22. The molecule has 3 aromatic rings. The van der Waals surface area contributed by atoms with E-state index >= 15 is 0 Å². The fraction of sp³-hybridized carbons (Fsp3) is 0.304. The summed E-state index contributed by atoms with van der Waals surface area (Å²) in [5.74, 6) is 0.387. The summed E-state index contributed by atoms with van der Waals surface area (Å²) in [6.45, 7) is 1.86. The predicted molar refractivity (Wildman–Crippen MR) is 118 cm³/mol. The molecule has 1 aliphatic rings. The van der Waals surface area contributed by atoms with E-state index in [2.05, 4.69) is 20.4 Å². The smallest absolute Gasteiger partial charge is 0.248 e. The van der Waals surface area contributed by atoms with Crippen molar-refractivity contribution in [3.63, 3.8) is 0 Å².